The van der Waals surface area contributed by atoms with Crippen molar-refractivity contribution in [2.24, 2.45) is 5.92 Å². The predicted molar refractivity (Wildman–Crippen MR) is 69.3 cm³/mol. The molecule has 0 saturated heterocycles. The van der Waals surface area contributed by atoms with Crippen molar-refractivity contribution < 1.29 is 9.53 Å². The highest BCUT2D eigenvalue weighted by atomic mass is 16.5. The number of nitrogen functional groups attached to an aromatic ring is 1. The molecule has 1 aromatic heterocycles. The first-order valence-corrected chi connectivity index (χ1v) is 6.69. The highest BCUT2D eigenvalue weighted by molar-refractivity contribution is 5.90. The Morgan fingerprint density at radius 1 is 1.50 bits per heavy atom. The standard InChI is InChI=1S/C13H21N3O2/c1-3-7-16-12(14)10(8-9-5-6-9)11(15-16)13(17)18-4-2/h9H,3-8,14H2,1-2H3. The Morgan fingerprint density at radius 3 is 2.78 bits per heavy atom. The van der Waals surface area contributed by atoms with Crippen LogP contribution in [0, 0.1) is 5.92 Å². The van der Waals surface area contributed by atoms with Gasteiger partial charge in [0.05, 0.1) is 6.61 Å². The molecule has 0 amide bonds. The van der Waals surface area contributed by atoms with Gasteiger partial charge in [-0.25, -0.2) is 9.48 Å². The molecule has 1 aliphatic rings. The van der Waals surface area contributed by atoms with Gasteiger partial charge in [0.2, 0.25) is 0 Å². The first kappa shape index (κ1) is 12.9. The highest BCUT2D eigenvalue weighted by Crippen LogP contribution is 2.35. The van der Waals surface area contributed by atoms with E-state index in [-0.39, 0.29) is 5.97 Å². The molecule has 0 bridgehead atoms. The number of nitrogens with two attached hydrogens (primary N) is 1. The molecular weight excluding hydrogens is 230 g/mol. The van der Waals surface area contributed by atoms with E-state index in [0.29, 0.717) is 24.0 Å². The number of anilines is 1. The van der Waals surface area contributed by atoms with Gasteiger partial charge in [-0.05, 0) is 38.5 Å². The maximum absolute atomic E-state index is 11.9. The lowest BCUT2D eigenvalue weighted by Crippen LogP contribution is -2.09. The number of nitrogens with zero attached hydrogens (tertiary/aromatic N) is 2. The van der Waals surface area contributed by atoms with Crippen LogP contribution in [0.15, 0.2) is 0 Å². The highest BCUT2D eigenvalue weighted by Gasteiger charge is 2.29. The summed E-state index contributed by atoms with van der Waals surface area (Å²) in [7, 11) is 0. The molecule has 18 heavy (non-hydrogen) atoms. The minimum Gasteiger partial charge on any atom is -0.461 e. The van der Waals surface area contributed by atoms with Crippen LogP contribution in [0.2, 0.25) is 0 Å². The van der Waals surface area contributed by atoms with Crippen LogP contribution in [-0.2, 0) is 17.7 Å². The SMILES string of the molecule is CCCn1nc(C(=O)OCC)c(CC2CC2)c1N. The van der Waals surface area contributed by atoms with Crippen LogP contribution in [-0.4, -0.2) is 22.4 Å². The fraction of sp³-hybridized carbons (Fsp3) is 0.692. The first-order chi connectivity index (χ1) is 8.67. The van der Waals surface area contributed by atoms with Gasteiger partial charge in [-0.1, -0.05) is 6.92 Å². The lowest BCUT2D eigenvalue weighted by molar-refractivity contribution is 0.0517. The summed E-state index contributed by atoms with van der Waals surface area (Å²) in [5.74, 6) is 0.946. The predicted octanol–water partition coefficient (Wildman–Crippen LogP) is 2.00. The average Bonchev–Trinajstić information content (AvgIpc) is 3.10. The number of aryl methyl sites for hydroxylation is 1. The van der Waals surface area contributed by atoms with Gasteiger partial charge >= 0.3 is 5.97 Å². The van der Waals surface area contributed by atoms with E-state index < -0.39 is 0 Å². The molecule has 1 aromatic rings. The Balaban J connectivity index is 2.28. The van der Waals surface area contributed by atoms with Crippen LogP contribution in [0.5, 0.6) is 0 Å². The van der Waals surface area contributed by atoms with Crippen molar-refractivity contribution in [1.29, 1.82) is 0 Å². The molecule has 0 aliphatic heterocycles. The van der Waals surface area contributed by atoms with E-state index in [4.69, 9.17) is 10.5 Å². The normalized spacial score (nSPS) is 14.8. The number of carbonyl (C=O) groups is 1. The van der Waals surface area contributed by atoms with Crippen molar-refractivity contribution >= 4 is 11.8 Å². The van der Waals surface area contributed by atoms with Crippen molar-refractivity contribution in [3.8, 4) is 0 Å². The summed E-state index contributed by atoms with van der Waals surface area (Å²) in [5.41, 5.74) is 7.38. The molecule has 0 radical (unpaired) electrons. The maximum Gasteiger partial charge on any atom is 0.359 e. The van der Waals surface area contributed by atoms with Crippen LogP contribution in [0.4, 0.5) is 5.82 Å². The quantitative estimate of drug-likeness (QED) is 0.785. The maximum atomic E-state index is 11.9. The molecule has 2 rings (SSSR count). The van der Waals surface area contributed by atoms with Crippen molar-refractivity contribution in [3.05, 3.63) is 11.3 Å². The summed E-state index contributed by atoms with van der Waals surface area (Å²) in [5, 5.41) is 4.32. The molecule has 2 N–H and O–H groups in total. The molecule has 0 aromatic carbocycles. The van der Waals surface area contributed by atoms with Crippen molar-refractivity contribution in [1.82, 2.24) is 9.78 Å². The van der Waals surface area contributed by atoms with Crippen LogP contribution < -0.4 is 5.73 Å². The lowest BCUT2D eigenvalue weighted by Gasteiger charge is -2.03. The average molecular weight is 251 g/mol. The number of carbonyl (C=O) groups excluding carboxylic acids is 1. The van der Waals surface area contributed by atoms with Crippen LogP contribution in [0.1, 0.15) is 49.2 Å². The number of aromatic nitrogens is 2. The second kappa shape index (κ2) is 5.42. The van der Waals surface area contributed by atoms with Crippen LogP contribution in [0.3, 0.4) is 0 Å². The van der Waals surface area contributed by atoms with Gasteiger partial charge in [0.25, 0.3) is 0 Å². The zero-order valence-corrected chi connectivity index (χ0v) is 11.1. The fourth-order valence-corrected chi connectivity index (χ4v) is 2.07. The summed E-state index contributed by atoms with van der Waals surface area (Å²) in [4.78, 5) is 11.9. The monoisotopic (exact) mass is 251 g/mol. The first-order valence-electron chi connectivity index (χ1n) is 6.69. The van der Waals surface area contributed by atoms with Gasteiger partial charge in [0.15, 0.2) is 5.69 Å². The Hall–Kier alpha value is -1.52. The summed E-state index contributed by atoms with van der Waals surface area (Å²) >= 11 is 0. The zero-order valence-electron chi connectivity index (χ0n) is 11.1. The Bertz CT molecular complexity index is 436. The minimum atomic E-state index is -0.352. The third kappa shape index (κ3) is 2.66. The molecule has 0 spiro atoms. The van der Waals surface area contributed by atoms with Crippen molar-refractivity contribution in [3.63, 3.8) is 0 Å². The summed E-state index contributed by atoms with van der Waals surface area (Å²) in [6, 6.07) is 0. The largest absolute Gasteiger partial charge is 0.461 e. The fourth-order valence-electron chi connectivity index (χ4n) is 2.07. The number of esters is 1. The Labute approximate surface area is 107 Å². The summed E-state index contributed by atoms with van der Waals surface area (Å²) in [6.45, 7) is 4.96. The number of ether oxygens (including phenoxy) is 1. The molecule has 1 saturated carbocycles. The summed E-state index contributed by atoms with van der Waals surface area (Å²) in [6.07, 6.45) is 4.24. The molecular formula is C13H21N3O2. The third-order valence-corrected chi connectivity index (χ3v) is 3.19. The van der Waals surface area contributed by atoms with E-state index in [2.05, 4.69) is 12.0 Å². The smallest absolute Gasteiger partial charge is 0.359 e. The van der Waals surface area contributed by atoms with Gasteiger partial charge in [-0.3, -0.25) is 0 Å². The second-order valence-corrected chi connectivity index (χ2v) is 4.80. The van der Waals surface area contributed by atoms with Gasteiger partial charge in [0.1, 0.15) is 5.82 Å². The van der Waals surface area contributed by atoms with Gasteiger partial charge in [-0.15, -0.1) is 0 Å². The van der Waals surface area contributed by atoms with E-state index >= 15 is 0 Å². The van der Waals surface area contributed by atoms with Crippen molar-refractivity contribution in [2.75, 3.05) is 12.3 Å². The molecule has 0 atom stereocenters. The zero-order chi connectivity index (χ0) is 13.1. The Kier molecular flexibility index (Phi) is 3.89. The lowest BCUT2D eigenvalue weighted by atomic mass is 10.1. The van der Waals surface area contributed by atoms with E-state index in [0.717, 1.165) is 24.9 Å². The van der Waals surface area contributed by atoms with Crippen LogP contribution in [0.25, 0.3) is 0 Å². The summed E-state index contributed by atoms with van der Waals surface area (Å²) < 4.78 is 6.77. The number of hydrogen-bond donors (Lipinski definition) is 1. The van der Waals surface area contributed by atoms with E-state index in [1.807, 2.05) is 0 Å². The van der Waals surface area contributed by atoms with E-state index in [9.17, 15) is 4.79 Å². The Morgan fingerprint density at radius 2 is 2.22 bits per heavy atom. The molecule has 1 heterocycles. The molecule has 0 unspecified atom stereocenters. The van der Waals surface area contributed by atoms with Gasteiger partial charge in [-0.2, -0.15) is 5.10 Å². The molecule has 5 nitrogen and oxygen atoms in total. The number of hydrogen-bond acceptors (Lipinski definition) is 4. The minimum absolute atomic E-state index is 0.352. The van der Waals surface area contributed by atoms with E-state index in [1.54, 1.807) is 11.6 Å². The number of rotatable bonds is 6. The van der Waals surface area contributed by atoms with Gasteiger partial charge < -0.3 is 10.5 Å². The van der Waals surface area contributed by atoms with Crippen LogP contribution >= 0.6 is 0 Å². The van der Waals surface area contributed by atoms with E-state index in [1.165, 1.54) is 12.8 Å². The molecule has 1 aliphatic carbocycles. The molecule has 1 fully saturated rings. The second-order valence-electron chi connectivity index (χ2n) is 4.80. The topological polar surface area (TPSA) is 70.1 Å². The molecule has 5 heteroatoms. The molecule has 100 valence electrons. The third-order valence-electron chi connectivity index (χ3n) is 3.19. The van der Waals surface area contributed by atoms with Gasteiger partial charge in [0, 0.05) is 12.1 Å². The van der Waals surface area contributed by atoms with Crippen molar-refractivity contribution in [2.45, 2.75) is 46.1 Å².